The third-order valence-electron chi connectivity index (χ3n) is 3.41. The Kier molecular flexibility index (Phi) is 4.26. The molecule has 0 atom stereocenters. The van der Waals surface area contributed by atoms with E-state index in [1.165, 1.54) is 0 Å². The Morgan fingerprint density at radius 3 is 2.62 bits per heavy atom. The SMILES string of the molecule is Cc1nn(C)c(C(=O)N(Cc2ccccn2)C(C)C)c1N. The number of aromatic nitrogens is 3. The number of nitrogens with two attached hydrogens (primary N) is 1. The molecule has 2 N–H and O–H groups in total. The summed E-state index contributed by atoms with van der Waals surface area (Å²) in [4.78, 5) is 18.8. The third-order valence-corrected chi connectivity index (χ3v) is 3.41. The van der Waals surface area contributed by atoms with Crippen LogP contribution in [-0.2, 0) is 13.6 Å². The van der Waals surface area contributed by atoms with Gasteiger partial charge >= 0.3 is 0 Å². The van der Waals surface area contributed by atoms with Crippen molar-refractivity contribution in [3.63, 3.8) is 0 Å². The molecule has 2 rings (SSSR count). The minimum Gasteiger partial charge on any atom is -0.395 e. The summed E-state index contributed by atoms with van der Waals surface area (Å²) in [5.74, 6) is -0.128. The van der Waals surface area contributed by atoms with Gasteiger partial charge in [-0.25, -0.2) is 0 Å². The molecule has 0 aliphatic carbocycles. The van der Waals surface area contributed by atoms with Gasteiger partial charge in [0.2, 0.25) is 0 Å². The van der Waals surface area contributed by atoms with Gasteiger partial charge in [0.1, 0.15) is 5.69 Å². The van der Waals surface area contributed by atoms with Crippen LogP contribution >= 0.6 is 0 Å². The molecule has 0 fully saturated rings. The van der Waals surface area contributed by atoms with E-state index in [0.29, 0.717) is 23.6 Å². The number of pyridine rings is 1. The number of anilines is 1. The Morgan fingerprint density at radius 1 is 1.43 bits per heavy atom. The van der Waals surface area contributed by atoms with Crippen molar-refractivity contribution < 1.29 is 4.79 Å². The van der Waals surface area contributed by atoms with E-state index >= 15 is 0 Å². The zero-order valence-electron chi connectivity index (χ0n) is 12.9. The van der Waals surface area contributed by atoms with Gasteiger partial charge in [-0.3, -0.25) is 14.5 Å². The van der Waals surface area contributed by atoms with Crippen LogP contribution in [0.2, 0.25) is 0 Å². The molecule has 6 heteroatoms. The van der Waals surface area contributed by atoms with Gasteiger partial charge in [0.05, 0.1) is 23.6 Å². The Balaban J connectivity index is 2.32. The molecule has 0 aliphatic rings. The van der Waals surface area contributed by atoms with Gasteiger partial charge in [-0.15, -0.1) is 0 Å². The lowest BCUT2D eigenvalue weighted by Gasteiger charge is -2.26. The molecule has 0 radical (unpaired) electrons. The van der Waals surface area contributed by atoms with Crippen LogP contribution in [0.5, 0.6) is 0 Å². The number of nitrogen functional groups attached to an aromatic ring is 1. The molecule has 2 aromatic rings. The van der Waals surface area contributed by atoms with E-state index in [1.54, 1.807) is 29.7 Å². The fraction of sp³-hybridized carbons (Fsp3) is 0.400. The van der Waals surface area contributed by atoms with Crippen molar-refractivity contribution in [1.29, 1.82) is 0 Å². The molecule has 112 valence electrons. The lowest BCUT2D eigenvalue weighted by molar-refractivity contribution is 0.0677. The van der Waals surface area contributed by atoms with E-state index in [0.717, 1.165) is 5.69 Å². The average Bonchev–Trinajstić information content (AvgIpc) is 2.70. The highest BCUT2D eigenvalue weighted by atomic mass is 16.2. The van der Waals surface area contributed by atoms with Gasteiger partial charge in [0.25, 0.3) is 5.91 Å². The quantitative estimate of drug-likeness (QED) is 0.929. The van der Waals surface area contributed by atoms with E-state index in [9.17, 15) is 4.79 Å². The number of aryl methyl sites for hydroxylation is 2. The smallest absolute Gasteiger partial charge is 0.274 e. The van der Waals surface area contributed by atoms with Crippen molar-refractivity contribution in [1.82, 2.24) is 19.7 Å². The second kappa shape index (κ2) is 5.95. The largest absolute Gasteiger partial charge is 0.395 e. The van der Waals surface area contributed by atoms with Gasteiger partial charge in [0, 0.05) is 19.3 Å². The molecule has 0 aliphatic heterocycles. The molecular formula is C15H21N5O. The van der Waals surface area contributed by atoms with Crippen LogP contribution in [0.3, 0.4) is 0 Å². The van der Waals surface area contributed by atoms with Crippen LogP contribution < -0.4 is 5.73 Å². The Hall–Kier alpha value is -2.37. The second-order valence-corrected chi connectivity index (χ2v) is 5.32. The summed E-state index contributed by atoms with van der Waals surface area (Å²) >= 11 is 0. The Morgan fingerprint density at radius 2 is 2.14 bits per heavy atom. The van der Waals surface area contributed by atoms with Crippen LogP contribution in [0.25, 0.3) is 0 Å². The third kappa shape index (κ3) is 3.04. The number of carbonyl (C=O) groups excluding carboxylic acids is 1. The maximum atomic E-state index is 12.8. The molecule has 21 heavy (non-hydrogen) atoms. The molecule has 0 saturated carbocycles. The minimum atomic E-state index is -0.128. The van der Waals surface area contributed by atoms with Crippen LogP contribution in [0.15, 0.2) is 24.4 Å². The number of amides is 1. The monoisotopic (exact) mass is 287 g/mol. The predicted molar refractivity (Wildman–Crippen MR) is 81.6 cm³/mol. The average molecular weight is 287 g/mol. The van der Waals surface area contributed by atoms with Gasteiger partial charge in [-0.2, -0.15) is 5.10 Å². The highest BCUT2D eigenvalue weighted by Crippen LogP contribution is 2.19. The normalized spacial score (nSPS) is 10.9. The van der Waals surface area contributed by atoms with Crippen LogP contribution in [-0.4, -0.2) is 31.6 Å². The fourth-order valence-electron chi connectivity index (χ4n) is 2.22. The van der Waals surface area contributed by atoms with Crippen molar-refractivity contribution in [2.24, 2.45) is 7.05 Å². The Labute approximate surface area is 124 Å². The van der Waals surface area contributed by atoms with Crippen molar-refractivity contribution in [2.75, 3.05) is 5.73 Å². The van der Waals surface area contributed by atoms with Gasteiger partial charge < -0.3 is 10.6 Å². The first-order valence-corrected chi connectivity index (χ1v) is 6.91. The molecule has 2 aromatic heterocycles. The van der Waals surface area contributed by atoms with E-state index < -0.39 is 0 Å². The number of hydrogen-bond donors (Lipinski definition) is 1. The van der Waals surface area contributed by atoms with Crippen molar-refractivity contribution >= 4 is 11.6 Å². The highest BCUT2D eigenvalue weighted by Gasteiger charge is 2.25. The first-order chi connectivity index (χ1) is 9.91. The van der Waals surface area contributed by atoms with E-state index in [4.69, 9.17) is 5.73 Å². The summed E-state index contributed by atoms with van der Waals surface area (Å²) in [5, 5.41) is 4.21. The molecule has 2 heterocycles. The summed E-state index contributed by atoms with van der Waals surface area (Å²) in [6, 6.07) is 5.70. The zero-order valence-corrected chi connectivity index (χ0v) is 12.9. The lowest BCUT2D eigenvalue weighted by Crippen LogP contribution is -2.38. The molecule has 1 amide bonds. The summed E-state index contributed by atoms with van der Waals surface area (Å²) in [6.45, 7) is 6.19. The molecule has 0 unspecified atom stereocenters. The number of rotatable bonds is 4. The zero-order chi connectivity index (χ0) is 15.6. The molecule has 6 nitrogen and oxygen atoms in total. The standard InChI is InChI=1S/C15H21N5O/c1-10(2)20(9-12-7-5-6-8-17-12)15(21)14-13(16)11(3)18-19(14)4/h5-8,10H,9,16H2,1-4H3. The Bertz CT molecular complexity index is 633. The predicted octanol–water partition coefficient (Wildman–Crippen LogP) is 1.76. The highest BCUT2D eigenvalue weighted by molar-refractivity contribution is 5.98. The molecular weight excluding hydrogens is 266 g/mol. The first kappa shape index (κ1) is 15.0. The maximum Gasteiger partial charge on any atom is 0.274 e. The minimum absolute atomic E-state index is 0.0362. The summed E-state index contributed by atoms with van der Waals surface area (Å²) in [7, 11) is 1.73. The molecule has 0 saturated heterocycles. The lowest BCUT2D eigenvalue weighted by atomic mass is 10.2. The topological polar surface area (TPSA) is 77.0 Å². The summed E-state index contributed by atoms with van der Waals surface area (Å²) < 4.78 is 1.54. The molecule has 0 aromatic carbocycles. The van der Waals surface area contributed by atoms with Crippen LogP contribution in [0.4, 0.5) is 5.69 Å². The van der Waals surface area contributed by atoms with E-state index in [1.807, 2.05) is 32.0 Å². The number of carbonyl (C=O) groups is 1. The summed E-state index contributed by atoms with van der Waals surface area (Å²) in [5.41, 5.74) is 8.37. The first-order valence-electron chi connectivity index (χ1n) is 6.91. The molecule has 0 bridgehead atoms. The van der Waals surface area contributed by atoms with Gasteiger partial charge in [-0.05, 0) is 32.9 Å². The van der Waals surface area contributed by atoms with Crippen LogP contribution in [0.1, 0.15) is 35.7 Å². The van der Waals surface area contributed by atoms with Crippen molar-refractivity contribution in [2.45, 2.75) is 33.4 Å². The van der Waals surface area contributed by atoms with E-state index in [-0.39, 0.29) is 11.9 Å². The van der Waals surface area contributed by atoms with Gasteiger partial charge in [0.15, 0.2) is 0 Å². The van der Waals surface area contributed by atoms with Crippen molar-refractivity contribution in [3.05, 3.63) is 41.5 Å². The second-order valence-electron chi connectivity index (χ2n) is 5.32. The maximum absolute atomic E-state index is 12.8. The van der Waals surface area contributed by atoms with Crippen LogP contribution in [0, 0.1) is 6.92 Å². The number of hydrogen-bond acceptors (Lipinski definition) is 4. The molecule has 0 spiro atoms. The number of nitrogens with zero attached hydrogens (tertiary/aromatic N) is 4. The van der Waals surface area contributed by atoms with Crippen molar-refractivity contribution in [3.8, 4) is 0 Å². The van der Waals surface area contributed by atoms with E-state index in [2.05, 4.69) is 10.1 Å². The fourth-order valence-corrected chi connectivity index (χ4v) is 2.22. The summed E-state index contributed by atoms with van der Waals surface area (Å²) in [6.07, 6.45) is 1.72. The van der Waals surface area contributed by atoms with Gasteiger partial charge in [-0.1, -0.05) is 6.07 Å².